The lowest BCUT2D eigenvalue weighted by molar-refractivity contribution is 0.482. The maximum Gasteiger partial charge on any atom is 0.174 e. The maximum absolute atomic E-state index is 5.44. The quantitative estimate of drug-likeness (QED) is 0.808. The van der Waals surface area contributed by atoms with Crippen LogP contribution in [-0.2, 0) is 12.3 Å². The fourth-order valence-corrected chi connectivity index (χ4v) is 2.35. The number of thioether (sulfide) groups is 1. The minimum Gasteiger partial charge on any atom is -0.464 e. The number of hydrogen-bond donors (Lipinski definition) is 1. The zero-order valence-corrected chi connectivity index (χ0v) is 8.98. The Balaban J connectivity index is 1.92. The first kappa shape index (κ1) is 9.70. The molecule has 2 heterocycles. The summed E-state index contributed by atoms with van der Waals surface area (Å²) in [4.78, 5) is 0. The fourth-order valence-electron chi connectivity index (χ4n) is 0.968. The van der Waals surface area contributed by atoms with Crippen LogP contribution >= 0.6 is 23.1 Å². The molecule has 0 unspecified atom stereocenters. The van der Waals surface area contributed by atoms with Gasteiger partial charge in [-0.2, -0.15) is 0 Å². The van der Waals surface area contributed by atoms with Gasteiger partial charge in [-0.05, 0) is 12.1 Å². The van der Waals surface area contributed by atoms with E-state index in [9.17, 15) is 0 Å². The molecule has 6 heteroatoms. The summed E-state index contributed by atoms with van der Waals surface area (Å²) in [5.41, 5.74) is 7.15. The Hall–Kier alpha value is -0.850. The third-order valence-corrected chi connectivity index (χ3v) is 3.48. The van der Waals surface area contributed by atoms with Gasteiger partial charge in [-0.25, -0.2) is 0 Å². The molecule has 0 fully saturated rings. The van der Waals surface area contributed by atoms with Crippen LogP contribution in [0.5, 0.6) is 0 Å². The molecule has 4 nitrogen and oxygen atoms in total. The third-order valence-electron chi connectivity index (χ3n) is 1.60. The van der Waals surface area contributed by atoms with Gasteiger partial charge in [0.1, 0.15) is 17.0 Å². The van der Waals surface area contributed by atoms with Crippen LogP contribution in [0.3, 0.4) is 0 Å². The Labute approximate surface area is 89.5 Å². The van der Waals surface area contributed by atoms with Crippen molar-refractivity contribution in [2.75, 3.05) is 0 Å². The van der Waals surface area contributed by atoms with Crippen LogP contribution in [0, 0.1) is 0 Å². The number of nitrogens with two attached hydrogens (primary N) is 1. The van der Waals surface area contributed by atoms with Crippen molar-refractivity contribution in [2.45, 2.75) is 16.6 Å². The lowest BCUT2D eigenvalue weighted by Crippen LogP contribution is -1.92. The molecule has 2 aromatic heterocycles. The van der Waals surface area contributed by atoms with E-state index in [0.717, 1.165) is 21.6 Å². The van der Waals surface area contributed by atoms with Gasteiger partial charge in [0.25, 0.3) is 0 Å². The van der Waals surface area contributed by atoms with Crippen LogP contribution in [0.4, 0.5) is 0 Å². The Morgan fingerprint density at radius 2 is 2.29 bits per heavy atom. The number of aromatic nitrogens is 2. The van der Waals surface area contributed by atoms with Gasteiger partial charge in [0.05, 0.1) is 12.3 Å². The Morgan fingerprint density at radius 3 is 2.93 bits per heavy atom. The Bertz CT molecular complexity index is 385. The summed E-state index contributed by atoms with van der Waals surface area (Å²) in [5, 5.41) is 7.68. The third kappa shape index (κ3) is 2.34. The van der Waals surface area contributed by atoms with Crippen molar-refractivity contribution in [3.05, 3.63) is 29.2 Å². The SMILES string of the molecule is NCc1ccc(CSc2nncs2)o1. The number of nitrogens with zero attached hydrogens (tertiary/aromatic N) is 2. The van der Waals surface area contributed by atoms with E-state index in [0.29, 0.717) is 6.54 Å². The summed E-state index contributed by atoms with van der Waals surface area (Å²) in [6.45, 7) is 0.448. The average Bonchev–Trinajstić information content (AvgIpc) is 2.86. The summed E-state index contributed by atoms with van der Waals surface area (Å²) in [6.07, 6.45) is 0. The summed E-state index contributed by atoms with van der Waals surface area (Å²) < 4.78 is 6.40. The van der Waals surface area contributed by atoms with Crippen molar-refractivity contribution in [1.29, 1.82) is 0 Å². The smallest absolute Gasteiger partial charge is 0.174 e. The normalized spacial score (nSPS) is 10.6. The number of hydrogen-bond acceptors (Lipinski definition) is 6. The molecule has 0 aliphatic carbocycles. The number of furan rings is 1. The zero-order valence-electron chi connectivity index (χ0n) is 7.34. The molecule has 0 saturated heterocycles. The maximum atomic E-state index is 5.44. The van der Waals surface area contributed by atoms with Gasteiger partial charge in [-0.1, -0.05) is 23.1 Å². The summed E-state index contributed by atoms with van der Waals surface area (Å²) in [7, 11) is 0. The summed E-state index contributed by atoms with van der Waals surface area (Å²) in [5.74, 6) is 2.51. The monoisotopic (exact) mass is 227 g/mol. The van der Waals surface area contributed by atoms with Crippen molar-refractivity contribution in [3.8, 4) is 0 Å². The van der Waals surface area contributed by atoms with Gasteiger partial charge in [0.2, 0.25) is 0 Å². The lowest BCUT2D eigenvalue weighted by atomic mass is 10.4. The average molecular weight is 227 g/mol. The van der Waals surface area contributed by atoms with Crippen LogP contribution in [-0.4, -0.2) is 10.2 Å². The van der Waals surface area contributed by atoms with Crippen molar-refractivity contribution in [1.82, 2.24) is 10.2 Å². The largest absolute Gasteiger partial charge is 0.464 e. The van der Waals surface area contributed by atoms with Crippen LogP contribution in [0.25, 0.3) is 0 Å². The molecule has 0 saturated carbocycles. The lowest BCUT2D eigenvalue weighted by Gasteiger charge is -1.92. The molecule has 0 aromatic carbocycles. The van der Waals surface area contributed by atoms with Crippen LogP contribution in [0.2, 0.25) is 0 Å². The Morgan fingerprint density at radius 1 is 1.43 bits per heavy atom. The summed E-state index contributed by atoms with van der Waals surface area (Å²) in [6, 6.07) is 3.84. The molecule has 0 amide bonds. The van der Waals surface area contributed by atoms with E-state index in [4.69, 9.17) is 10.2 Å². The van der Waals surface area contributed by atoms with Gasteiger partial charge in [-0.3, -0.25) is 0 Å². The molecular formula is C8H9N3OS2. The van der Waals surface area contributed by atoms with Gasteiger partial charge in [0.15, 0.2) is 4.34 Å². The molecule has 74 valence electrons. The number of rotatable bonds is 4. The molecule has 0 radical (unpaired) electrons. The first-order chi connectivity index (χ1) is 6.88. The van der Waals surface area contributed by atoms with E-state index in [-0.39, 0.29) is 0 Å². The van der Waals surface area contributed by atoms with Crippen LogP contribution in [0.1, 0.15) is 11.5 Å². The minimum atomic E-state index is 0.448. The highest BCUT2D eigenvalue weighted by Crippen LogP contribution is 2.24. The van der Waals surface area contributed by atoms with E-state index in [1.165, 1.54) is 11.3 Å². The highest BCUT2D eigenvalue weighted by atomic mass is 32.2. The first-order valence-corrected chi connectivity index (χ1v) is 5.91. The molecule has 2 rings (SSSR count). The second-order valence-electron chi connectivity index (χ2n) is 2.57. The van der Waals surface area contributed by atoms with E-state index >= 15 is 0 Å². The van der Waals surface area contributed by atoms with E-state index in [1.807, 2.05) is 12.1 Å². The molecule has 0 atom stereocenters. The van der Waals surface area contributed by atoms with Crippen molar-refractivity contribution in [2.24, 2.45) is 5.73 Å². The van der Waals surface area contributed by atoms with E-state index < -0.39 is 0 Å². The second kappa shape index (κ2) is 4.59. The van der Waals surface area contributed by atoms with E-state index in [1.54, 1.807) is 17.3 Å². The first-order valence-electron chi connectivity index (χ1n) is 4.05. The molecule has 2 aromatic rings. The van der Waals surface area contributed by atoms with Crippen LogP contribution < -0.4 is 5.73 Å². The zero-order chi connectivity index (χ0) is 9.80. The van der Waals surface area contributed by atoms with Gasteiger partial charge in [-0.15, -0.1) is 10.2 Å². The molecule has 0 spiro atoms. The predicted octanol–water partition coefficient (Wildman–Crippen LogP) is 1.88. The highest BCUT2D eigenvalue weighted by molar-refractivity contribution is 8.00. The van der Waals surface area contributed by atoms with Crippen molar-refractivity contribution in [3.63, 3.8) is 0 Å². The minimum absolute atomic E-state index is 0.448. The topological polar surface area (TPSA) is 64.9 Å². The molecule has 14 heavy (non-hydrogen) atoms. The van der Waals surface area contributed by atoms with Crippen molar-refractivity contribution >= 4 is 23.1 Å². The molecule has 0 aliphatic rings. The van der Waals surface area contributed by atoms with E-state index in [2.05, 4.69) is 10.2 Å². The standard InChI is InChI=1S/C8H9N3OS2/c9-3-6-1-2-7(12-6)4-13-8-11-10-5-14-8/h1-2,5H,3-4,9H2. The van der Waals surface area contributed by atoms with Crippen molar-refractivity contribution < 1.29 is 4.42 Å². The fraction of sp³-hybridized carbons (Fsp3) is 0.250. The molecule has 0 bridgehead atoms. The second-order valence-corrected chi connectivity index (χ2v) is 4.62. The molecule has 2 N–H and O–H groups in total. The van der Waals surface area contributed by atoms with Gasteiger partial charge >= 0.3 is 0 Å². The van der Waals surface area contributed by atoms with Crippen LogP contribution in [0.15, 0.2) is 26.4 Å². The predicted molar refractivity (Wildman–Crippen MR) is 56.1 cm³/mol. The highest BCUT2D eigenvalue weighted by Gasteiger charge is 2.03. The molecule has 0 aliphatic heterocycles. The summed E-state index contributed by atoms with van der Waals surface area (Å²) >= 11 is 3.14. The van der Waals surface area contributed by atoms with Gasteiger partial charge in [0, 0.05) is 0 Å². The Kier molecular flexibility index (Phi) is 3.18. The van der Waals surface area contributed by atoms with Gasteiger partial charge < -0.3 is 10.2 Å². The molecular weight excluding hydrogens is 218 g/mol.